The van der Waals surface area contributed by atoms with Crippen LogP contribution in [0.1, 0.15) is 75.5 Å². The first-order chi connectivity index (χ1) is 13.3. The summed E-state index contributed by atoms with van der Waals surface area (Å²) < 4.78 is 1.87. The van der Waals surface area contributed by atoms with Crippen LogP contribution in [-0.4, -0.2) is 28.8 Å². The molecule has 28 heavy (non-hydrogen) atoms. The van der Waals surface area contributed by atoms with Crippen molar-refractivity contribution in [2.24, 2.45) is 5.92 Å². The predicted molar refractivity (Wildman–Crippen MR) is 114 cm³/mol. The molecule has 0 radical (unpaired) electrons. The predicted octanol–water partition coefficient (Wildman–Crippen LogP) is 5.00. The molecule has 0 bridgehead atoms. The van der Waals surface area contributed by atoms with Crippen LogP contribution in [0.3, 0.4) is 0 Å². The van der Waals surface area contributed by atoms with Gasteiger partial charge in [-0.15, -0.1) is 0 Å². The van der Waals surface area contributed by atoms with Crippen LogP contribution in [0.5, 0.6) is 0 Å². The maximum absolute atomic E-state index is 13.0. The molecule has 2 fully saturated rings. The minimum atomic E-state index is -0.227. The molecule has 0 atom stereocenters. The molecule has 5 heteroatoms. The highest BCUT2D eigenvalue weighted by molar-refractivity contribution is 6.03. The lowest BCUT2D eigenvalue weighted by Gasteiger charge is -2.32. The minimum absolute atomic E-state index is 0.0890. The van der Waals surface area contributed by atoms with Gasteiger partial charge in [-0.3, -0.25) is 9.48 Å². The van der Waals surface area contributed by atoms with Gasteiger partial charge in [0, 0.05) is 30.4 Å². The van der Waals surface area contributed by atoms with Gasteiger partial charge in [0.15, 0.2) is 0 Å². The number of benzene rings is 1. The first kappa shape index (κ1) is 19.0. The summed E-state index contributed by atoms with van der Waals surface area (Å²) in [7, 11) is 0. The van der Waals surface area contributed by atoms with Gasteiger partial charge < -0.3 is 10.2 Å². The van der Waals surface area contributed by atoms with E-state index in [0.717, 1.165) is 30.4 Å². The second kappa shape index (κ2) is 7.26. The smallest absolute Gasteiger partial charge is 0.273 e. The summed E-state index contributed by atoms with van der Waals surface area (Å²) in [6, 6.07) is 10.2. The van der Waals surface area contributed by atoms with E-state index < -0.39 is 0 Å². The molecule has 1 aromatic carbocycles. The zero-order valence-corrected chi connectivity index (χ0v) is 17.5. The first-order valence-electron chi connectivity index (χ1n) is 10.6. The van der Waals surface area contributed by atoms with E-state index in [1.165, 1.54) is 31.4 Å². The number of carbonyl (C=O) groups excluding carboxylic acids is 1. The molecule has 4 rings (SSSR count). The Hall–Kier alpha value is -2.30. The molecule has 1 aromatic heterocycles. The quantitative estimate of drug-likeness (QED) is 0.812. The van der Waals surface area contributed by atoms with Crippen molar-refractivity contribution in [3.8, 4) is 0 Å². The number of hydrogen-bond donors (Lipinski definition) is 1. The summed E-state index contributed by atoms with van der Waals surface area (Å²) in [5.41, 5.74) is 3.53. The van der Waals surface area contributed by atoms with Gasteiger partial charge in [0.1, 0.15) is 5.69 Å². The topological polar surface area (TPSA) is 50.2 Å². The van der Waals surface area contributed by atoms with Crippen molar-refractivity contribution in [1.82, 2.24) is 9.78 Å². The molecule has 1 saturated carbocycles. The van der Waals surface area contributed by atoms with Crippen molar-refractivity contribution in [1.29, 1.82) is 0 Å². The van der Waals surface area contributed by atoms with Gasteiger partial charge >= 0.3 is 0 Å². The molecule has 0 unspecified atom stereocenters. The first-order valence-corrected chi connectivity index (χ1v) is 10.6. The van der Waals surface area contributed by atoms with Crippen molar-refractivity contribution in [2.45, 2.75) is 64.8 Å². The molecule has 1 saturated heterocycles. The highest BCUT2D eigenvalue weighted by Gasteiger charge is 2.31. The molecule has 1 amide bonds. The Balaban J connectivity index is 1.48. The number of amides is 1. The van der Waals surface area contributed by atoms with Gasteiger partial charge in [0.2, 0.25) is 0 Å². The Bertz CT molecular complexity index is 834. The summed E-state index contributed by atoms with van der Waals surface area (Å²) in [5.74, 6) is 1.26. The number of nitrogens with one attached hydrogen (secondary N) is 1. The normalized spacial score (nSPS) is 18.4. The molecule has 150 valence electrons. The molecule has 2 aromatic rings. The van der Waals surface area contributed by atoms with Crippen molar-refractivity contribution in [3.63, 3.8) is 0 Å². The maximum Gasteiger partial charge on any atom is 0.273 e. The summed E-state index contributed by atoms with van der Waals surface area (Å²) in [6.07, 6.45) is 4.86. The minimum Gasteiger partial charge on any atom is -0.372 e. The zero-order valence-electron chi connectivity index (χ0n) is 17.5. The van der Waals surface area contributed by atoms with Crippen LogP contribution in [0, 0.1) is 5.92 Å². The second-order valence-corrected chi connectivity index (χ2v) is 9.48. The van der Waals surface area contributed by atoms with Gasteiger partial charge in [-0.25, -0.2) is 0 Å². The number of piperidine rings is 1. The lowest BCUT2D eigenvalue weighted by atomic mass is 9.99. The molecular formula is C23H32N4O. The van der Waals surface area contributed by atoms with Crippen molar-refractivity contribution in [2.75, 3.05) is 23.3 Å². The van der Waals surface area contributed by atoms with Crippen LogP contribution in [0.4, 0.5) is 11.4 Å². The number of rotatable bonds is 4. The van der Waals surface area contributed by atoms with Crippen molar-refractivity contribution >= 4 is 17.3 Å². The Labute approximate surface area is 168 Å². The fourth-order valence-electron chi connectivity index (χ4n) is 3.87. The van der Waals surface area contributed by atoms with Crippen LogP contribution >= 0.6 is 0 Å². The van der Waals surface area contributed by atoms with Gasteiger partial charge in [0.05, 0.1) is 11.2 Å². The second-order valence-electron chi connectivity index (χ2n) is 9.48. The lowest BCUT2D eigenvalue weighted by molar-refractivity contribution is 0.100. The van der Waals surface area contributed by atoms with E-state index in [9.17, 15) is 4.79 Å². The molecule has 2 aliphatic rings. The molecule has 1 N–H and O–H groups in total. The Morgan fingerprint density at radius 1 is 1.07 bits per heavy atom. The highest BCUT2D eigenvalue weighted by Crippen LogP contribution is 2.40. The van der Waals surface area contributed by atoms with Gasteiger partial charge in [-0.2, -0.15) is 5.10 Å². The molecule has 2 heterocycles. The zero-order chi connectivity index (χ0) is 19.9. The molecule has 1 aliphatic carbocycles. The standard InChI is InChI=1S/C23H32N4O/c1-16-11-13-26(14-12-16)19-9-7-18(8-10-19)24-22(28)21-15-20(17-5-6-17)25-27(21)23(2,3)4/h7-10,15-17H,5-6,11-14H2,1-4H3,(H,24,28). The maximum atomic E-state index is 13.0. The van der Waals surface area contributed by atoms with E-state index in [1.807, 2.05) is 22.9 Å². The SMILES string of the molecule is CC1CCN(c2ccc(NC(=O)c3cc(C4CC4)nn3C(C)(C)C)cc2)CC1. The van der Waals surface area contributed by atoms with Crippen LogP contribution in [0.15, 0.2) is 30.3 Å². The summed E-state index contributed by atoms with van der Waals surface area (Å²) in [5, 5.41) is 7.80. The van der Waals surface area contributed by atoms with Crippen LogP contribution in [-0.2, 0) is 5.54 Å². The van der Waals surface area contributed by atoms with E-state index in [-0.39, 0.29) is 11.4 Å². The highest BCUT2D eigenvalue weighted by atomic mass is 16.2. The number of carbonyl (C=O) groups is 1. The van der Waals surface area contributed by atoms with Gasteiger partial charge in [0.25, 0.3) is 5.91 Å². The molecule has 0 spiro atoms. The third-order valence-corrected chi connectivity index (χ3v) is 5.87. The van der Waals surface area contributed by atoms with E-state index in [2.05, 4.69) is 50.0 Å². The van der Waals surface area contributed by atoms with Gasteiger partial charge in [-0.1, -0.05) is 6.92 Å². The average molecular weight is 381 g/mol. The van der Waals surface area contributed by atoms with E-state index >= 15 is 0 Å². The summed E-state index contributed by atoms with van der Waals surface area (Å²) >= 11 is 0. The number of nitrogens with zero attached hydrogens (tertiary/aromatic N) is 3. The van der Waals surface area contributed by atoms with Crippen LogP contribution in [0.2, 0.25) is 0 Å². The number of aromatic nitrogens is 2. The fourth-order valence-corrected chi connectivity index (χ4v) is 3.87. The van der Waals surface area contributed by atoms with Crippen molar-refractivity contribution < 1.29 is 4.79 Å². The van der Waals surface area contributed by atoms with Crippen LogP contribution in [0.25, 0.3) is 0 Å². The Morgan fingerprint density at radius 2 is 1.71 bits per heavy atom. The molecule has 5 nitrogen and oxygen atoms in total. The summed E-state index contributed by atoms with van der Waals surface area (Å²) in [6.45, 7) is 10.8. The van der Waals surface area contributed by atoms with Gasteiger partial charge in [-0.05, 0) is 82.7 Å². The fraction of sp³-hybridized carbons (Fsp3) is 0.565. The number of hydrogen-bond acceptors (Lipinski definition) is 3. The lowest BCUT2D eigenvalue weighted by Crippen LogP contribution is -2.32. The molecular weight excluding hydrogens is 348 g/mol. The number of anilines is 2. The third kappa shape index (κ3) is 4.08. The van der Waals surface area contributed by atoms with E-state index in [0.29, 0.717) is 11.6 Å². The summed E-state index contributed by atoms with van der Waals surface area (Å²) in [4.78, 5) is 15.4. The monoisotopic (exact) mass is 380 g/mol. The Morgan fingerprint density at radius 3 is 2.29 bits per heavy atom. The molecule has 1 aliphatic heterocycles. The van der Waals surface area contributed by atoms with E-state index in [1.54, 1.807) is 0 Å². The van der Waals surface area contributed by atoms with E-state index in [4.69, 9.17) is 5.10 Å². The Kier molecular flexibility index (Phi) is 4.94. The average Bonchev–Trinajstić information content (AvgIpc) is 3.40. The van der Waals surface area contributed by atoms with Crippen molar-refractivity contribution in [3.05, 3.63) is 41.7 Å². The van der Waals surface area contributed by atoms with Crippen LogP contribution < -0.4 is 10.2 Å². The third-order valence-electron chi connectivity index (χ3n) is 5.87. The largest absolute Gasteiger partial charge is 0.372 e.